The van der Waals surface area contributed by atoms with Crippen molar-refractivity contribution in [3.05, 3.63) is 57.0 Å². The third kappa shape index (κ3) is 2.20. The van der Waals surface area contributed by atoms with Crippen LogP contribution in [0.2, 0.25) is 5.02 Å². The van der Waals surface area contributed by atoms with Crippen molar-refractivity contribution < 1.29 is 9.50 Å². The van der Waals surface area contributed by atoms with Crippen LogP contribution in [0.1, 0.15) is 17.2 Å². The second kappa shape index (κ2) is 4.31. The smallest absolute Gasteiger partial charge is 0.142 e. The molecule has 78 valence electrons. The Morgan fingerprint density at radius 3 is 2.67 bits per heavy atom. The van der Waals surface area contributed by atoms with E-state index in [9.17, 15) is 9.50 Å². The number of benzene rings is 1. The van der Waals surface area contributed by atoms with Crippen LogP contribution in [0.25, 0.3) is 0 Å². The van der Waals surface area contributed by atoms with Crippen LogP contribution in [0.4, 0.5) is 4.39 Å². The van der Waals surface area contributed by atoms with Crippen LogP contribution in [0.5, 0.6) is 0 Å². The van der Waals surface area contributed by atoms with Crippen LogP contribution in [0.15, 0.2) is 35.0 Å². The zero-order valence-electron chi connectivity index (χ0n) is 7.65. The maximum absolute atomic E-state index is 13.1. The van der Waals surface area contributed by atoms with Crippen molar-refractivity contribution in [2.75, 3.05) is 0 Å². The minimum absolute atomic E-state index is 0.0660. The average molecular weight is 243 g/mol. The molecular formula is C11H8ClFOS. The highest BCUT2D eigenvalue weighted by Crippen LogP contribution is 2.26. The molecule has 1 N–H and O–H groups in total. The molecule has 1 heterocycles. The van der Waals surface area contributed by atoms with Crippen molar-refractivity contribution in [2.24, 2.45) is 0 Å². The molecule has 0 spiro atoms. The zero-order valence-corrected chi connectivity index (χ0v) is 9.23. The van der Waals surface area contributed by atoms with E-state index in [0.717, 1.165) is 5.56 Å². The summed E-state index contributed by atoms with van der Waals surface area (Å²) in [5, 5.41) is 13.7. The summed E-state index contributed by atoms with van der Waals surface area (Å²) >= 11 is 7.05. The summed E-state index contributed by atoms with van der Waals surface area (Å²) in [4.78, 5) is 0. The van der Waals surface area contributed by atoms with E-state index in [1.54, 1.807) is 6.07 Å². The van der Waals surface area contributed by atoms with Gasteiger partial charge in [-0.2, -0.15) is 11.3 Å². The molecule has 4 heteroatoms. The molecule has 0 aliphatic heterocycles. The van der Waals surface area contributed by atoms with Gasteiger partial charge in [0.1, 0.15) is 11.9 Å². The Kier molecular flexibility index (Phi) is 3.05. The SMILES string of the molecule is O[C@H](c1ccsc1)c1ccc(Cl)c(F)c1. The minimum atomic E-state index is -0.789. The summed E-state index contributed by atoms with van der Waals surface area (Å²) in [5.41, 5.74) is 1.28. The minimum Gasteiger partial charge on any atom is -0.384 e. The van der Waals surface area contributed by atoms with Crippen LogP contribution in [-0.2, 0) is 0 Å². The Morgan fingerprint density at radius 2 is 2.07 bits per heavy atom. The second-order valence-electron chi connectivity index (χ2n) is 3.13. The summed E-state index contributed by atoms with van der Waals surface area (Å²) in [6.07, 6.45) is -0.789. The maximum Gasteiger partial charge on any atom is 0.142 e. The molecule has 0 bridgehead atoms. The summed E-state index contributed by atoms with van der Waals surface area (Å²) in [6, 6.07) is 6.13. The summed E-state index contributed by atoms with van der Waals surface area (Å²) in [6.45, 7) is 0. The Hall–Kier alpha value is -0.900. The lowest BCUT2D eigenvalue weighted by atomic mass is 10.0. The van der Waals surface area contributed by atoms with Crippen molar-refractivity contribution in [3.8, 4) is 0 Å². The number of hydrogen-bond donors (Lipinski definition) is 1. The molecule has 0 saturated carbocycles. The highest BCUT2D eigenvalue weighted by molar-refractivity contribution is 7.07. The largest absolute Gasteiger partial charge is 0.384 e. The molecule has 1 aromatic heterocycles. The van der Waals surface area contributed by atoms with E-state index >= 15 is 0 Å². The maximum atomic E-state index is 13.1. The summed E-state index contributed by atoms with van der Waals surface area (Å²) < 4.78 is 13.1. The van der Waals surface area contributed by atoms with Gasteiger partial charge in [-0.1, -0.05) is 17.7 Å². The number of rotatable bonds is 2. The van der Waals surface area contributed by atoms with E-state index < -0.39 is 11.9 Å². The molecule has 0 fully saturated rings. The molecular weight excluding hydrogens is 235 g/mol. The monoisotopic (exact) mass is 242 g/mol. The van der Waals surface area contributed by atoms with Crippen LogP contribution in [-0.4, -0.2) is 5.11 Å². The van der Waals surface area contributed by atoms with E-state index in [0.29, 0.717) is 5.56 Å². The second-order valence-corrected chi connectivity index (χ2v) is 4.32. The molecule has 0 aliphatic rings. The van der Waals surface area contributed by atoms with Gasteiger partial charge in [-0.05, 0) is 40.1 Å². The van der Waals surface area contributed by atoms with Crippen molar-refractivity contribution >= 4 is 22.9 Å². The molecule has 1 atom stereocenters. The van der Waals surface area contributed by atoms with Crippen LogP contribution in [0.3, 0.4) is 0 Å². The highest BCUT2D eigenvalue weighted by atomic mass is 35.5. The van der Waals surface area contributed by atoms with Gasteiger partial charge < -0.3 is 5.11 Å². The van der Waals surface area contributed by atoms with Crippen LogP contribution in [0, 0.1) is 5.82 Å². The zero-order chi connectivity index (χ0) is 10.8. The molecule has 2 aromatic rings. The number of aliphatic hydroxyl groups is 1. The highest BCUT2D eigenvalue weighted by Gasteiger charge is 2.12. The molecule has 2 rings (SSSR count). The number of halogens is 2. The third-order valence-electron chi connectivity index (χ3n) is 2.12. The fourth-order valence-corrected chi connectivity index (χ4v) is 2.10. The first-order valence-electron chi connectivity index (χ1n) is 4.33. The standard InChI is InChI=1S/C11H8ClFOS/c12-9-2-1-7(5-10(9)13)11(14)8-3-4-15-6-8/h1-6,11,14H/t11-/m0/s1. The van der Waals surface area contributed by atoms with Crippen molar-refractivity contribution in [1.29, 1.82) is 0 Å². The van der Waals surface area contributed by atoms with Gasteiger partial charge in [0.2, 0.25) is 0 Å². The number of thiophene rings is 1. The molecule has 1 aromatic carbocycles. The van der Waals surface area contributed by atoms with E-state index in [1.807, 2.05) is 16.8 Å². The van der Waals surface area contributed by atoms with E-state index in [2.05, 4.69) is 0 Å². The lowest BCUT2D eigenvalue weighted by molar-refractivity contribution is 0.220. The molecule has 15 heavy (non-hydrogen) atoms. The van der Waals surface area contributed by atoms with E-state index in [4.69, 9.17) is 11.6 Å². The molecule has 0 unspecified atom stereocenters. The van der Waals surface area contributed by atoms with E-state index in [-0.39, 0.29) is 5.02 Å². The van der Waals surface area contributed by atoms with Crippen LogP contribution >= 0.6 is 22.9 Å². The first-order valence-corrected chi connectivity index (χ1v) is 5.65. The van der Waals surface area contributed by atoms with Gasteiger partial charge in [0, 0.05) is 0 Å². The molecule has 0 saturated heterocycles. The predicted octanol–water partition coefficient (Wildman–Crippen LogP) is 3.62. The van der Waals surface area contributed by atoms with Gasteiger partial charge in [0.05, 0.1) is 5.02 Å². The first-order chi connectivity index (χ1) is 7.18. The Labute approximate surface area is 95.8 Å². The Balaban J connectivity index is 2.34. The molecule has 0 aliphatic carbocycles. The number of aliphatic hydroxyl groups excluding tert-OH is 1. The molecule has 1 nitrogen and oxygen atoms in total. The van der Waals surface area contributed by atoms with Crippen molar-refractivity contribution in [1.82, 2.24) is 0 Å². The summed E-state index contributed by atoms with van der Waals surface area (Å²) in [7, 11) is 0. The predicted molar refractivity (Wildman–Crippen MR) is 59.8 cm³/mol. The van der Waals surface area contributed by atoms with Gasteiger partial charge in [0.25, 0.3) is 0 Å². The first kappa shape index (κ1) is 10.6. The van der Waals surface area contributed by atoms with Gasteiger partial charge in [-0.3, -0.25) is 0 Å². The van der Waals surface area contributed by atoms with Gasteiger partial charge in [-0.25, -0.2) is 4.39 Å². The summed E-state index contributed by atoms with van der Waals surface area (Å²) in [5.74, 6) is -0.511. The Bertz CT molecular complexity index is 456. The fourth-order valence-electron chi connectivity index (χ4n) is 1.31. The van der Waals surface area contributed by atoms with Crippen LogP contribution < -0.4 is 0 Å². The van der Waals surface area contributed by atoms with Gasteiger partial charge >= 0.3 is 0 Å². The molecule has 0 radical (unpaired) electrons. The Morgan fingerprint density at radius 1 is 1.27 bits per heavy atom. The lowest BCUT2D eigenvalue weighted by Crippen LogP contribution is -1.98. The lowest BCUT2D eigenvalue weighted by Gasteiger charge is -2.09. The normalized spacial score (nSPS) is 12.7. The third-order valence-corrected chi connectivity index (χ3v) is 3.13. The quantitative estimate of drug-likeness (QED) is 0.853. The van der Waals surface area contributed by atoms with E-state index in [1.165, 1.54) is 23.5 Å². The number of hydrogen-bond acceptors (Lipinski definition) is 2. The fraction of sp³-hybridized carbons (Fsp3) is 0.0909. The van der Waals surface area contributed by atoms with Gasteiger partial charge in [-0.15, -0.1) is 0 Å². The van der Waals surface area contributed by atoms with Crippen molar-refractivity contribution in [3.63, 3.8) is 0 Å². The van der Waals surface area contributed by atoms with Gasteiger partial charge in [0.15, 0.2) is 0 Å². The molecule has 0 amide bonds. The van der Waals surface area contributed by atoms with Crippen molar-refractivity contribution in [2.45, 2.75) is 6.10 Å². The topological polar surface area (TPSA) is 20.2 Å². The average Bonchev–Trinajstić information content (AvgIpc) is 2.74.